The van der Waals surface area contributed by atoms with Gasteiger partial charge < -0.3 is 34.0 Å². The van der Waals surface area contributed by atoms with Gasteiger partial charge in [0.1, 0.15) is 24.3 Å². The third kappa shape index (κ3) is 14.8. The van der Waals surface area contributed by atoms with Crippen molar-refractivity contribution in [3.05, 3.63) is 124 Å². The summed E-state index contributed by atoms with van der Waals surface area (Å²) in [5.74, 6) is 0.177. The monoisotopic (exact) mass is 987 g/mol. The number of nitrogens with zero attached hydrogens (tertiary/aromatic N) is 3. The van der Waals surface area contributed by atoms with Crippen LogP contribution in [0.15, 0.2) is 95.4 Å². The Labute approximate surface area is 405 Å². The molecule has 2 amide bonds. The molecule has 0 saturated heterocycles. The van der Waals surface area contributed by atoms with Crippen molar-refractivity contribution in [2.24, 2.45) is 0 Å². The summed E-state index contributed by atoms with van der Waals surface area (Å²) < 4.78 is 66.8. The minimum absolute atomic E-state index is 0.131. The maximum Gasteiger partial charge on any atom is 0.262 e. The number of carbonyl (C=O) groups excluding carboxylic acids is 3. The number of hydrogen-bond acceptors (Lipinski definition) is 13. The van der Waals surface area contributed by atoms with Crippen LogP contribution in [0.4, 0.5) is 5.69 Å². The average Bonchev–Trinajstić information content (AvgIpc) is 3.58. The fraction of sp³-hybridized carbons (Fsp3) is 0.340. The molecule has 366 valence electrons. The number of halogens is 2. The molecule has 1 aromatic heterocycles. The van der Waals surface area contributed by atoms with Crippen molar-refractivity contribution < 1.29 is 66.6 Å². The topological polar surface area (TPSA) is 238 Å². The molecule has 7 rings (SSSR count). The number of fused-ring (bicyclic) bond motifs is 5. The molecule has 17 nitrogen and oxygen atoms in total. The van der Waals surface area contributed by atoms with Crippen LogP contribution >= 0.6 is 11.6 Å². The number of benzene rings is 5. The Morgan fingerprint density at radius 1 is 0.739 bits per heavy atom. The molecule has 4 aromatic carbocycles. The van der Waals surface area contributed by atoms with E-state index in [9.17, 15) is 14.4 Å². The molecule has 0 radical (unpaired) electrons. The summed E-state index contributed by atoms with van der Waals surface area (Å²) in [4.78, 5) is 44.5. The molecule has 2 aliphatic rings. The van der Waals surface area contributed by atoms with Crippen molar-refractivity contribution in [3.8, 4) is 11.5 Å². The number of amides is 2. The van der Waals surface area contributed by atoms with E-state index in [4.69, 9.17) is 58.6 Å². The van der Waals surface area contributed by atoms with E-state index in [0.29, 0.717) is 80.4 Å². The zero-order valence-electron chi connectivity index (χ0n) is 38.8. The Hall–Kier alpha value is -5.83. The highest BCUT2D eigenvalue weighted by molar-refractivity contribution is 6.30. The van der Waals surface area contributed by atoms with Crippen molar-refractivity contribution in [2.45, 2.75) is 40.5 Å². The predicted molar refractivity (Wildman–Crippen MR) is 250 cm³/mol. The number of nitrogens with one attached hydrogen (secondary N) is 2. The minimum Gasteiger partial charge on any atom is -0.452 e. The normalized spacial score (nSPS) is 11.6. The lowest BCUT2D eigenvalue weighted by Gasteiger charge is -2.17. The summed E-state index contributed by atoms with van der Waals surface area (Å²) in [6, 6.07) is 28.4. The first kappa shape index (κ1) is 52.5. The number of aryl methyl sites for hydroxylation is 1. The highest BCUT2D eigenvalue weighted by atomic mass is 35.7. The number of rotatable bonds is 21. The van der Waals surface area contributed by atoms with Crippen LogP contribution in [0.3, 0.4) is 0 Å². The average molecular weight is 989 g/mol. The van der Waals surface area contributed by atoms with Crippen molar-refractivity contribution in [1.82, 2.24) is 19.4 Å². The Balaban J connectivity index is 0.00000149. The third-order valence-electron chi connectivity index (χ3n) is 11.1. The van der Waals surface area contributed by atoms with E-state index in [1.54, 1.807) is 28.8 Å². The molecule has 0 atom stereocenters. The molecule has 69 heavy (non-hydrogen) atoms. The van der Waals surface area contributed by atoms with Crippen molar-refractivity contribution in [3.63, 3.8) is 0 Å². The minimum atomic E-state index is -4.94. The Bertz CT molecular complexity index is 2900. The van der Waals surface area contributed by atoms with Crippen LogP contribution in [-0.4, -0.2) is 99.8 Å². The molecule has 19 heteroatoms. The second-order valence-corrected chi connectivity index (χ2v) is 16.9. The molecule has 2 N–H and O–H groups in total. The van der Waals surface area contributed by atoms with Gasteiger partial charge in [-0.1, -0.05) is 47.5 Å². The van der Waals surface area contributed by atoms with Crippen LogP contribution in [0.25, 0.3) is 44.2 Å². The molecule has 0 unspecified atom stereocenters. The summed E-state index contributed by atoms with van der Waals surface area (Å²) in [5, 5.41) is 10.2. The molecular formula is C50H55Cl2N5O12. The first-order valence-corrected chi connectivity index (χ1v) is 24.0. The van der Waals surface area contributed by atoms with Crippen LogP contribution < -0.4 is 39.2 Å². The fourth-order valence-electron chi connectivity index (χ4n) is 7.76. The summed E-state index contributed by atoms with van der Waals surface area (Å²) in [6.45, 7) is 13.0. The van der Waals surface area contributed by atoms with Crippen LogP contribution in [-0.2, 0) is 35.0 Å². The van der Waals surface area contributed by atoms with Gasteiger partial charge >= 0.3 is 0 Å². The molecule has 2 heterocycles. The molecule has 0 saturated carbocycles. The van der Waals surface area contributed by atoms with Gasteiger partial charge in [0.05, 0.1) is 83.0 Å². The lowest BCUT2D eigenvalue weighted by Crippen LogP contribution is -2.68. The number of carbonyl (C=O) groups is 3. The Morgan fingerprint density at radius 2 is 1.36 bits per heavy atom. The van der Waals surface area contributed by atoms with E-state index in [-0.39, 0.29) is 37.2 Å². The largest absolute Gasteiger partial charge is 0.452 e. The van der Waals surface area contributed by atoms with Gasteiger partial charge in [0.2, 0.25) is 17.2 Å². The van der Waals surface area contributed by atoms with E-state index in [2.05, 4.69) is 35.1 Å². The second kappa shape index (κ2) is 25.2. The van der Waals surface area contributed by atoms with Gasteiger partial charge in [-0.25, -0.2) is 28.2 Å². The van der Waals surface area contributed by atoms with Gasteiger partial charge in [-0.15, -0.1) is 10.2 Å². The second-order valence-electron chi connectivity index (χ2n) is 15.7. The van der Waals surface area contributed by atoms with Gasteiger partial charge in [0.25, 0.3) is 5.91 Å². The van der Waals surface area contributed by atoms with Crippen molar-refractivity contribution >= 4 is 67.8 Å². The van der Waals surface area contributed by atoms with Crippen molar-refractivity contribution in [1.29, 1.82) is 0 Å². The van der Waals surface area contributed by atoms with Gasteiger partial charge in [-0.2, -0.15) is 0 Å². The summed E-state index contributed by atoms with van der Waals surface area (Å²) >= 11 is 6.04. The molecule has 1 aliphatic heterocycles. The molecule has 0 spiro atoms. The number of hydrogen-bond donors (Lipinski definition) is 2. The predicted octanol–water partition coefficient (Wildman–Crippen LogP) is 2.81. The van der Waals surface area contributed by atoms with E-state index in [0.717, 1.165) is 68.2 Å². The molecule has 5 aromatic rings. The lowest BCUT2D eigenvalue weighted by atomic mass is 10.1. The zero-order chi connectivity index (χ0) is 49.5. The van der Waals surface area contributed by atoms with Crippen LogP contribution in [0.2, 0.25) is 5.02 Å². The lowest BCUT2D eigenvalue weighted by molar-refractivity contribution is -2.00. The SMILES string of the molecule is CC[N+](CC)=c1ccc2nc3c(cc(NC(=O)CCOCCOCCOCCOCCNC(=O)Cc4c(C)n(C(=O)c5ccc(Cl)cc5)c5ccc(C)cc45)c4ccccc43)oc-2c1.[O-][Cl+3]([O-])([O-])[O-]. The Kier molecular flexibility index (Phi) is 19.2. The first-order chi connectivity index (χ1) is 33.1. The molecule has 0 bridgehead atoms. The summed E-state index contributed by atoms with van der Waals surface area (Å²) in [7, 11) is -4.94. The van der Waals surface area contributed by atoms with Gasteiger partial charge in [0.15, 0.2) is 11.3 Å². The maximum absolute atomic E-state index is 13.5. The smallest absolute Gasteiger partial charge is 0.262 e. The fourth-order valence-corrected chi connectivity index (χ4v) is 7.89. The van der Waals surface area contributed by atoms with Gasteiger partial charge in [-0.3, -0.25) is 19.0 Å². The number of aromatic nitrogens is 2. The van der Waals surface area contributed by atoms with Gasteiger partial charge in [-0.05, 0) is 75.7 Å². The van der Waals surface area contributed by atoms with E-state index in [1.165, 1.54) is 0 Å². The van der Waals surface area contributed by atoms with E-state index in [1.807, 2.05) is 74.5 Å². The standard InChI is InChI=1S/C50H54ClN5O8.ClHO4/c1-5-55(6-2)37-16-17-42-45(30-37)64-46-32-43(38-9-7-8-10-39(38)49(46)54-42)53-47(57)19-21-60-23-25-62-27-28-63-26-24-61-22-20-52-48(58)31-40-34(4)56(44-18-11-33(3)29-41(40)44)50(59)35-12-14-36(51)15-13-35;2-1(3,4)5/h7-18,29-30,32H,5-6,19-28,31H2,1-4H3,(H,52,58);(H,2,3,4,5). The zero-order valence-corrected chi connectivity index (χ0v) is 40.4. The van der Waals surface area contributed by atoms with E-state index < -0.39 is 10.2 Å². The Morgan fingerprint density at radius 3 is 2.01 bits per heavy atom. The van der Waals surface area contributed by atoms with Gasteiger partial charge in [0, 0.05) is 51.1 Å². The van der Waals surface area contributed by atoms with Crippen LogP contribution in [0, 0.1) is 24.1 Å². The summed E-state index contributed by atoms with van der Waals surface area (Å²) in [5.41, 5.74) is 6.60. The summed E-state index contributed by atoms with van der Waals surface area (Å²) in [6.07, 6.45) is 0.310. The quantitative estimate of drug-likeness (QED) is 0.0457. The number of ether oxygens (including phenoxy) is 4. The van der Waals surface area contributed by atoms with E-state index >= 15 is 0 Å². The van der Waals surface area contributed by atoms with Crippen LogP contribution in [0.1, 0.15) is 47.4 Å². The molecule has 1 aliphatic carbocycles. The molecular weight excluding hydrogens is 933 g/mol. The molecule has 0 fully saturated rings. The highest BCUT2D eigenvalue weighted by Gasteiger charge is 2.22. The van der Waals surface area contributed by atoms with Crippen molar-refractivity contribution in [2.75, 3.05) is 77.8 Å². The van der Waals surface area contributed by atoms with Crippen LogP contribution in [0.5, 0.6) is 0 Å². The first-order valence-electron chi connectivity index (χ1n) is 22.4. The highest BCUT2D eigenvalue weighted by Crippen LogP contribution is 2.34. The third-order valence-corrected chi connectivity index (χ3v) is 11.3. The number of anilines is 1. The maximum atomic E-state index is 13.5.